The van der Waals surface area contributed by atoms with E-state index in [0.717, 1.165) is 17.7 Å². The first-order chi connectivity index (χ1) is 13.0. The van der Waals surface area contributed by atoms with Gasteiger partial charge in [0.2, 0.25) is 5.91 Å². The number of aryl methyl sites for hydroxylation is 1. The van der Waals surface area contributed by atoms with Crippen molar-refractivity contribution < 1.29 is 18.0 Å². The Labute approximate surface area is 154 Å². The number of amides is 1. The molecular weight excluding hydrogens is 352 g/mol. The predicted molar refractivity (Wildman–Crippen MR) is 93.2 cm³/mol. The van der Waals surface area contributed by atoms with Crippen LogP contribution in [0.3, 0.4) is 0 Å². The normalized spacial score (nSPS) is 10.4. The number of hydrogen-bond acceptors (Lipinski definition) is 4. The van der Waals surface area contributed by atoms with E-state index in [1.807, 2.05) is 12.1 Å². The smallest absolute Gasteiger partial charge is 0.220 e. The monoisotopic (exact) mass is 367 g/mol. The van der Waals surface area contributed by atoms with Crippen LogP contribution in [-0.4, -0.2) is 10.9 Å². The summed E-state index contributed by atoms with van der Waals surface area (Å²) in [5.74, 6) is -1.15. The Kier molecular flexibility index (Phi) is 5.57. The summed E-state index contributed by atoms with van der Waals surface area (Å²) in [6, 6.07) is 12.2. The summed E-state index contributed by atoms with van der Waals surface area (Å²) in [6.45, 7) is 0.311. The highest BCUT2D eigenvalue weighted by Crippen LogP contribution is 2.24. The summed E-state index contributed by atoms with van der Waals surface area (Å²) < 4.78 is 32.2. The number of nitrogens with one attached hydrogen (secondary N) is 1. The highest BCUT2D eigenvalue weighted by molar-refractivity contribution is 5.76. The van der Waals surface area contributed by atoms with Crippen LogP contribution in [-0.2, 0) is 17.8 Å². The minimum absolute atomic E-state index is 0.108. The van der Waals surface area contributed by atoms with Crippen LogP contribution in [0.15, 0.2) is 53.1 Å². The first kappa shape index (κ1) is 18.3. The van der Waals surface area contributed by atoms with Crippen molar-refractivity contribution >= 4 is 5.91 Å². The number of rotatable bonds is 6. The number of aromatic nitrogens is 1. The molecule has 1 aromatic heterocycles. The lowest BCUT2D eigenvalue weighted by Crippen LogP contribution is -2.23. The topological polar surface area (TPSA) is 78.9 Å². The molecule has 1 N–H and O–H groups in total. The van der Waals surface area contributed by atoms with Crippen LogP contribution in [0.25, 0.3) is 11.3 Å². The van der Waals surface area contributed by atoms with E-state index in [-0.39, 0.29) is 36.0 Å². The summed E-state index contributed by atoms with van der Waals surface area (Å²) in [4.78, 5) is 16.0. The van der Waals surface area contributed by atoms with Crippen molar-refractivity contribution in [2.24, 2.45) is 0 Å². The molecule has 136 valence electrons. The summed E-state index contributed by atoms with van der Waals surface area (Å²) in [6.07, 6.45) is 1.73. The van der Waals surface area contributed by atoms with E-state index in [9.17, 15) is 13.6 Å². The number of nitrogens with zero attached hydrogens (tertiary/aromatic N) is 2. The first-order valence-corrected chi connectivity index (χ1v) is 8.21. The zero-order valence-corrected chi connectivity index (χ0v) is 14.2. The molecule has 0 saturated carbocycles. The molecule has 0 atom stereocenters. The van der Waals surface area contributed by atoms with Gasteiger partial charge in [0, 0.05) is 25.5 Å². The van der Waals surface area contributed by atoms with E-state index in [1.165, 1.54) is 12.3 Å². The SMILES string of the molecule is N#Cc1cccc(CNC(=O)CCc2ncc(-c3ccc(F)cc3F)o2)c1. The molecule has 1 heterocycles. The third-order valence-corrected chi connectivity index (χ3v) is 3.86. The summed E-state index contributed by atoms with van der Waals surface area (Å²) >= 11 is 0. The molecule has 0 aliphatic rings. The molecule has 1 amide bonds. The molecular formula is C20H15F2N3O2. The Hall–Kier alpha value is -3.53. The molecule has 0 unspecified atom stereocenters. The van der Waals surface area contributed by atoms with E-state index < -0.39 is 11.6 Å². The minimum atomic E-state index is -0.741. The van der Waals surface area contributed by atoms with Gasteiger partial charge in [0.15, 0.2) is 11.7 Å². The molecule has 3 rings (SSSR count). The number of oxazole rings is 1. The van der Waals surface area contributed by atoms with Crippen molar-refractivity contribution in [3.05, 3.63) is 77.3 Å². The van der Waals surface area contributed by atoms with Gasteiger partial charge in [0.05, 0.1) is 23.4 Å². The Balaban J connectivity index is 1.53. The van der Waals surface area contributed by atoms with Crippen LogP contribution in [0.5, 0.6) is 0 Å². The molecule has 0 fully saturated rings. The second kappa shape index (κ2) is 8.23. The van der Waals surface area contributed by atoms with E-state index in [0.29, 0.717) is 12.1 Å². The van der Waals surface area contributed by atoms with Crippen molar-refractivity contribution in [3.8, 4) is 17.4 Å². The minimum Gasteiger partial charge on any atom is -0.441 e. The average molecular weight is 367 g/mol. The van der Waals surface area contributed by atoms with Gasteiger partial charge in [-0.15, -0.1) is 0 Å². The van der Waals surface area contributed by atoms with Crippen molar-refractivity contribution in [1.82, 2.24) is 10.3 Å². The molecule has 27 heavy (non-hydrogen) atoms. The molecule has 0 radical (unpaired) electrons. The van der Waals surface area contributed by atoms with Gasteiger partial charge in [-0.3, -0.25) is 4.79 Å². The van der Waals surface area contributed by atoms with Crippen LogP contribution in [0.2, 0.25) is 0 Å². The van der Waals surface area contributed by atoms with E-state index in [2.05, 4.69) is 10.3 Å². The van der Waals surface area contributed by atoms with Crippen LogP contribution < -0.4 is 5.32 Å². The van der Waals surface area contributed by atoms with Gasteiger partial charge in [-0.25, -0.2) is 13.8 Å². The van der Waals surface area contributed by atoms with Crippen molar-refractivity contribution in [2.45, 2.75) is 19.4 Å². The number of carbonyl (C=O) groups excluding carboxylic acids is 1. The third-order valence-electron chi connectivity index (χ3n) is 3.86. The lowest BCUT2D eigenvalue weighted by atomic mass is 10.1. The molecule has 0 aliphatic carbocycles. The second-order valence-electron chi connectivity index (χ2n) is 5.83. The predicted octanol–water partition coefficient (Wildman–Crippen LogP) is 3.74. The zero-order valence-electron chi connectivity index (χ0n) is 14.2. The Bertz CT molecular complexity index is 1010. The highest BCUT2D eigenvalue weighted by Gasteiger charge is 2.13. The Morgan fingerprint density at radius 3 is 2.85 bits per heavy atom. The van der Waals surface area contributed by atoms with E-state index >= 15 is 0 Å². The maximum absolute atomic E-state index is 13.8. The van der Waals surface area contributed by atoms with E-state index in [4.69, 9.17) is 9.68 Å². The van der Waals surface area contributed by atoms with Gasteiger partial charge in [0.25, 0.3) is 0 Å². The lowest BCUT2D eigenvalue weighted by molar-refractivity contribution is -0.121. The number of benzene rings is 2. The molecule has 2 aromatic carbocycles. The zero-order chi connectivity index (χ0) is 19.2. The summed E-state index contributed by atoms with van der Waals surface area (Å²) in [7, 11) is 0. The fraction of sp³-hybridized carbons (Fsp3) is 0.150. The molecule has 0 aliphatic heterocycles. The molecule has 0 saturated heterocycles. The molecule has 0 bridgehead atoms. The largest absolute Gasteiger partial charge is 0.441 e. The maximum atomic E-state index is 13.8. The van der Waals surface area contributed by atoms with Gasteiger partial charge in [-0.1, -0.05) is 12.1 Å². The quantitative estimate of drug-likeness (QED) is 0.720. The summed E-state index contributed by atoms with van der Waals surface area (Å²) in [5.41, 5.74) is 1.46. The van der Waals surface area contributed by atoms with Gasteiger partial charge in [-0.2, -0.15) is 5.26 Å². The van der Waals surface area contributed by atoms with Gasteiger partial charge in [-0.05, 0) is 29.8 Å². The van der Waals surface area contributed by atoms with Crippen LogP contribution >= 0.6 is 0 Å². The van der Waals surface area contributed by atoms with E-state index in [1.54, 1.807) is 18.2 Å². The van der Waals surface area contributed by atoms with Crippen LogP contribution in [0, 0.1) is 23.0 Å². The number of carbonyl (C=O) groups is 1. The Morgan fingerprint density at radius 2 is 2.07 bits per heavy atom. The third kappa shape index (κ3) is 4.76. The molecule has 3 aromatic rings. The van der Waals surface area contributed by atoms with Crippen LogP contribution in [0.4, 0.5) is 8.78 Å². The first-order valence-electron chi connectivity index (χ1n) is 8.21. The fourth-order valence-electron chi connectivity index (χ4n) is 2.50. The van der Waals surface area contributed by atoms with Crippen molar-refractivity contribution in [2.75, 3.05) is 0 Å². The number of halogens is 2. The molecule has 5 nitrogen and oxygen atoms in total. The lowest BCUT2D eigenvalue weighted by Gasteiger charge is -2.05. The van der Waals surface area contributed by atoms with Crippen molar-refractivity contribution in [3.63, 3.8) is 0 Å². The van der Waals surface area contributed by atoms with Crippen molar-refractivity contribution in [1.29, 1.82) is 5.26 Å². The van der Waals surface area contributed by atoms with Gasteiger partial charge in [0.1, 0.15) is 11.6 Å². The second-order valence-corrected chi connectivity index (χ2v) is 5.83. The molecule has 0 spiro atoms. The van der Waals surface area contributed by atoms with Crippen LogP contribution in [0.1, 0.15) is 23.4 Å². The maximum Gasteiger partial charge on any atom is 0.220 e. The number of nitriles is 1. The average Bonchev–Trinajstić information content (AvgIpc) is 3.13. The van der Waals surface area contributed by atoms with Gasteiger partial charge >= 0.3 is 0 Å². The van der Waals surface area contributed by atoms with Gasteiger partial charge < -0.3 is 9.73 Å². The standard InChI is InChI=1S/C20H15F2N3O2/c21-15-4-5-16(17(22)9-15)18-12-25-20(27-18)7-6-19(26)24-11-14-3-1-2-13(8-14)10-23/h1-5,8-9,12H,6-7,11H2,(H,24,26). The molecule has 7 heteroatoms. The highest BCUT2D eigenvalue weighted by atomic mass is 19.1. The Morgan fingerprint density at radius 1 is 1.22 bits per heavy atom. The fourth-order valence-corrected chi connectivity index (χ4v) is 2.50. The number of hydrogen-bond donors (Lipinski definition) is 1. The summed E-state index contributed by atoms with van der Waals surface area (Å²) in [5, 5.41) is 11.6.